The van der Waals surface area contributed by atoms with Crippen LogP contribution in [0, 0.1) is 0 Å². The SMILES string of the molecule is CCCNC(=O)COCCCNC(C)C. The van der Waals surface area contributed by atoms with E-state index in [9.17, 15) is 4.79 Å². The molecule has 0 aromatic heterocycles. The maximum Gasteiger partial charge on any atom is 0.245 e. The monoisotopic (exact) mass is 216 g/mol. The third-order valence-electron chi connectivity index (χ3n) is 1.82. The smallest absolute Gasteiger partial charge is 0.245 e. The number of amides is 1. The van der Waals surface area contributed by atoms with Crippen molar-refractivity contribution in [2.45, 2.75) is 39.7 Å². The molecule has 0 saturated heterocycles. The third kappa shape index (κ3) is 11.3. The van der Waals surface area contributed by atoms with Gasteiger partial charge >= 0.3 is 0 Å². The van der Waals surface area contributed by atoms with Crippen LogP contribution >= 0.6 is 0 Å². The summed E-state index contributed by atoms with van der Waals surface area (Å²) >= 11 is 0. The van der Waals surface area contributed by atoms with Crippen LogP contribution in [-0.4, -0.2) is 38.3 Å². The number of carbonyl (C=O) groups excluding carboxylic acids is 1. The van der Waals surface area contributed by atoms with Gasteiger partial charge in [0, 0.05) is 19.2 Å². The highest BCUT2D eigenvalue weighted by molar-refractivity contribution is 5.77. The molecule has 15 heavy (non-hydrogen) atoms. The molecular weight excluding hydrogens is 192 g/mol. The van der Waals surface area contributed by atoms with Gasteiger partial charge in [-0.15, -0.1) is 0 Å². The zero-order valence-corrected chi connectivity index (χ0v) is 10.1. The molecule has 0 aliphatic carbocycles. The molecule has 0 fully saturated rings. The van der Waals surface area contributed by atoms with E-state index in [2.05, 4.69) is 24.5 Å². The van der Waals surface area contributed by atoms with Gasteiger partial charge in [0.1, 0.15) is 6.61 Å². The predicted molar refractivity (Wildman–Crippen MR) is 61.9 cm³/mol. The fraction of sp³-hybridized carbons (Fsp3) is 0.909. The Morgan fingerprint density at radius 3 is 2.67 bits per heavy atom. The van der Waals surface area contributed by atoms with Gasteiger partial charge in [-0.1, -0.05) is 20.8 Å². The third-order valence-corrected chi connectivity index (χ3v) is 1.82. The van der Waals surface area contributed by atoms with Gasteiger partial charge in [0.05, 0.1) is 0 Å². The van der Waals surface area contributed by atoms with Gasteiger partial charge in [-0.2, -0.15) is 0 Å². The van der Waals surface area contributed by atoms with Crippen molar-refractivity contribution in [3.63, 3.8) is 0 Å². The van der Waals surface area contributed by atoms with Crippen LogP contribution < -0.4 is 10.6 Å². The Labute approximate surface area is 92.8 Å². The van der Waals surface area contributed by atoms with Crippen molar-refractivity contribution in [1.82, 2.24) is 10.6 Å². The summed E-state index contributed by atoms with van der Waals surface area (Å²) < 4.78 is 5.22. The van der Waals surface area contributed by atoms with E-state index in [-0.39, 0.29) is 12.5 Å². The van der Waals surface area contributed by atoms with Crippen molar-refractivity contribution >= 4 is 5.91 Å². The molecule has 0 aromatic rings. The number of nitrogens with one attached hydrogen (secondary N) is 2. The zero-order valence-electron chi connectivity index (χ0n) is 10.1. The molecule has 4 nitrogen and oxygen atoms in total. The molecule has 0 rings (SSSR count). The lowest BCUT2D eigenvalue weighted by atomic mass is 10.3. The minimum atomic E-state index is -0.0198. The summed E-state index contributed by atoms with van der Waals surface area (Å²) in [5.74, 6) is -0.0198. The van der Waals surface area contributed by atoms with E-state index in [0.29, 0.717) is 12.6 Å². The Morgan fingerprint density at radius 2 is 2.07 bits per heavy atom. The largest absolute Gasteiger partial charge is 0.372 e. The van der Waals surface area contributed by atoms with Crippen LogP contribution in [0.4, 0.5) is 0 Å². The number of hydrogen-bond acceptors (Lipinski definition) is 3. The quantitative estimate of drug-likeness (QED) is 0.563. The molecule has 0 atom stereocenters. The zero-order chi connectivity index (χ0) is 11.5. The molecule has 0 bridgehead atoms. The van der Waals surface area contributed by atoms with Crippen molar-refractivity contribution in [3.05, 3.63) is 0 Å². The van der Waals surface area contributed by atoms with E-state index in [4.69, 9.17) is 4.74 Å². The van der Waals surface area contributed by atoms with Crippen molar-refractivity contribution in [2.24, 2.45) is 0 Å². The molecule has 0 aliphatic rings. The van der Waals surface area contributed by atoms with Gasteiger partial charge in [-0.05, 0) is 19.4 Å². The van der Waals surface area contributed by atoms with Crippen molar-refractivity contribution in [2.75, 3.05) is 26.3 Å². The Kier molecular flexibility index (Phi) is 9.52. The number of ether oxygens (including phenoxy) is 1. The van der Waals surface area contributed by atoms with Gasteiger partial charge in [0.25, 0.3) is 0 Å². The van der Waals surface area contributed by atoms with Crippen molar-refractivity contribution in [3.8, 4) is 0 Å². The summed E-state index contributed by atoms with van der Waals surface area (Å²) in [6, 6.07) is 0.512. The standard InChI is InChI=1S/C11H24N2O2/c1-4-6-13-11(14)9-15-8-5-7-12-10(2)3/h10,12H,4-9H2,1-3H3,(H,13,14). The topological polar surface area (TPSA) is 50.4 Å². The minimum Gasteiger partial charge on any atom is -0.372 e. The van der Waals surface area contributed by atoms with Gasteiger partial charge in [0.2, 0.25) is 5.91 Å². The molecule has 0 aliphatic heterocycles. The first-order chi connectivity index (χ1) is 7.16. The summed E-state index contributed by atoms with van der Waals surface area (Å²) in [5, 5.41) is 6.05. The second-order valence-electron chi connectivity index (χ2n) is 3.86. The second-order valence-corrected chi connectivity index (χ2v) is 3.86. The normalized spacial score (nSPS) is 10.7. The average molecular weight is 216 g/mol. The van der Waals surface area contributed by atoms with Gasteiger partial charge in [-0.3, -0.25) is 4.79 Å². The van der Waals surface area contributed by atoms with Crippen molar-refractivity contribution in [1.29, 1.82) is 0 Å². The van der Waals surface area contributed by atoms with Crippen LogP contribution in [0.1, 0.15) is 33.6 Å². The molecule has 0 aromatic carbocycles. The Bertz CT molecular complexity index is 161. The second kappa shape index (κ2) is 9.93. The molecule has 0 unspecified atom stereocenters. The van der Waals surface area contributed by atoms with E-state index in [0.717, 1.165) is 25.9 Å². The van der Waals surface area contributed by atoms with Crippen LogP contribution in [0.15, 0.2) is 0 Å². The Balaban J connectivity index is 3.13. The first kappa shape index (κ1) is 14.4. The van der Waals surface area contributed by atoms with E-state index in [1.165, 1.54) is 0 Å². The van der Waals surface area contributed by atoms with Gasteiger partial charge < -0.3 is 15.4 Å². The number of rotatable bonds is 9. The van der Waals surface area contributed by atoms with Gasteiger partial charge in [0.15, 0.2) is 0 Å². The number of hydrogen-bond donors (Lipinski definition) is 2. The first-order valence-corrected chi connectivity index (χ1v) is 5.74. The lowest BCUT2D eigenvalue weighted by Crippen LogP contribution is -2.29. The average Bonchev–Trinajstić information content (AvgIpc) is 2.19. The fourth-order valence-corrected chi connectivity index (χ4v) is 1.05. The highest BCUT2D eigenvalue weighted by Gasteiger charge is 1.99. The molecule has 2 N–H and O–H groups in total. The van der Waals surface area contributed by atoms with Gasteiger partial charge in [-0.25, -0.2) is 0 Å². The highest BCUT2D eigenvalue weighted by atomic mass is 16.5. The highest BCUT2D eigenvalue weighted by Crippen LogP contribution is 1.84. The summed E-state index contributed by atoms with van der Waals surface area (Å²) in [7, 11) is 0. The fourth-order valence-electron chi connectivity index (χ4n) is 1.05. The first-order valence-electron chi connectivity index (χ1n) is 5.74. The molecule has 0 saturated carbocycles. The minimum absolute atomic E-state index is 0.0198. The molecule has 0 heterocycles. The van der Waals surface area contributed by atoms with Crippen LogP contribution in [0.5, 0.6) is 0 Å². The molecule has 1 amide bonds. The van der Waals surface area contributed by atoms with E-state index in [1.54, 1.807) is 0 Å². The van der Waals surface area contributed by atoms with E-state index < -0.39 is 0 Å². The summed E-state index contributed by atoms with van der Waals surface area (Å²) in [6.45, 7) is 8.74. The maximum atomic E-state index is 11.1. The molecule has 0 spiro atoms. The summed E-state index contributed by atoms with van der Waals surface area (Å²) in [5.41, 5.74) is 0. The summed E-state index contributed by atoms with van der Waals surface area (Å²) in [4.78, 5) is 11.1. The Morgan fingerprint density at radius 1 is 1.33 bits per heavy atom. The predicted octanol–water partition coefficient (Wildman–Crippen LogP) is 0.917. The van der Waals surface area contributed by atoms with Crippen LogP contribution in [-0.2, 0) is 9.53 Å². The van der Waals surface area contributed by atoms with Crippen molar-refractivity contribution < 1.29 is 9.53 Å². The molecular formula is C11H24N2O2. The summed E-state index contributed by atoms with van der Waals surface area (Å²) in [6.07, 6.45) is 1.91. The molecule has 4 heteroatoms. The number of carbonyl (C=O) groups is 1. The molecule has 0 radical (unpaired) electrons. The van der Waals surface area contributed by atoms with Crippen LogP contribution in [0.3, 0.4) is 0 Å². The van der Waals surface area contributed by atoms with Crippen LogP contribution in [0.2, 0.25) is 0 Å². The van der Waals surface area contributed by atoms with Crippen LogP contribution in [0.25, 0.3) is 0 Å². The lowest BCUT2D eigenvalue weighted by molar-refractivity contribution is -0.125. The van der Waals surface area contributed by atoms with E-state index >= 15 is 0 Å². The Hall–Kier alpha value is -0.610. The van der Waals surface area contributed by atoms with E-state index in [1.807, 2.05) is 6.92 Å². The molecule has 90 valence electrons. The maximum absolute atomic E-state index is 11.1. The lowest BCUT2D eigenvalue weighted by Gasteiger charge is -2.08.